The maximum absolute atomic E-state index is 9.81. The molecule has 0 aromatic heterocycles. The Balaban J connectivity index is 2.29. The highest BCUT2D eigenvalue weighted by Crippen LogP contribution is 2.38. The summed E-state index contributed by atoms with van der Waals surface area (Å²) in [7, 11) is 0. The van der Waals surface area contributed by atoms with Crippen LogP contribution < -0.4 is 0 Å². The Morgan fingerprint density at radius 2 is 2.06 bits per heavy atom. The van der Waals surface area contributed by atoms with Crippen LogP contribution in [-0.2, 0) is 10.3 Å². The Bertz CT molecular complexity index is 344. The van der Waals surface area contributed by atoms with Crippen molar-refractivity contribution in [1.82, 2.24) is 0 Å². The first kappa shape index (κ1) is 11.6. The number of hydrogen-bond donors (Lipinski definition) is 1. The van der Waals surface area contributed by atoms with Crippen LogP contribution in [0.4, 0.5) is 0 Å². The molecule has 2 unspecified atom stereocenters. The van der Waals surface area contributed by atoms with Crippen LogP contribution in [0.15, 0.2) is 24.3 Å². The maximum Gasteiger partial charge on any atom is 0.0953 e. The van der Waals surface area contributed by atoms with Crippen LogP contribution in [0.1, 0.15) is 37.3 Å². The molecule has 2 heteroatoms. The summed E-state index contributed by atoms with van der Waals surface area (Å²) >= 11 is 0. The summed E-state index contributed by atoms with van der Waals surface area (Å²) in [5.41, 5.74) is 2.18. The summed E-state index contributed by atoms with van der Waals surface area (Å²) in [6.45, 7) is 4.86. The Kier molecular flexibility index (Phi) is 3.31. The van der Waals surface area contributed by atoms with Crippen LogP contribution in [0.3, 0.4) is 0 Å². The summed E-state index contributed by atoms with van der Waals surface area (Å²) < 4.78 is 5.95. The first-order valence-electron chi connectivity index (χ1n) is 6.05. The van der Waals surface area contributed by atoms with E-state index in [0.717, 1.165) is 12.8 Å². The van der Waals surface area contributed by atoms with E-state index in [0.29, 0.717) is 13.0 Å². The van der Waals surface area contributed by atoms with Gasteiger partial charge in [0.1, 0.15) is 0 Å². The van der Waals surface area contributed by atoms with E-state index in [-0.39, 0.29) is 11.7 Å². The number of aliphatic hydroxyl groups is 1. The highest BCUT2D eigenvalue weighted by atomic mass is 16.5. The predicted molar refractivity (Wildman–Crippen MR) is 64.3 cm³/mol. The minimum absolute atomic E-state index is 0.227. The standard InChI is InChI=1S/C14H20O2/c1-3-14(10-13(15)8-9-16-14)12-6-4-11(2)5-7-12/h4-7,13,15H,3,8-10H2,1-2H3. The van der Waals surface area contributed by atoms with Gasteiger partial charge in [0, 0.05) is 6.42 Å². The van der Waals surface area contributed by atoms with E-state index in [9.17, 15) is 5.11 Å². The lowest BCUT2D eigenvalue weighted by atomic mass is 9.83. The van der Waals surface area contributed by atoms with E-state index in [1.165, 1.54) is 11.1 Å². The zero-order valence-electron chi connectivity index (χ0n) is 10.1. The first-order valence-corrected chi connectivity index (χ1v) is 6.05. The lowest BCUT2D eigenvalue weighted by Gasteiger charge is -2.39. The van der Waals surface area contributed by atoms with Gasteiger partial charge in [-0.05, 0) is 25.3 Å². The molecule has 2 rings (SSSR count). The van der Waals surface area contributed by atoms with Gasteiger partial charge in [0.05, 0.1) is 18.3 Å². The van der Waals surface area contributed by atoms with Gasteiger partial charge in [0.15, 0.2) is 0 Å². The Morgan fingerprint density at radius 3 is 2.62 bits per heavy atom. The van der Waals surface area contributed by atoms with Gasteiger partial charge in [0.2, 0.25) is 0 Å². The fraction of sp³-hybridized carbons (Fsp3) is 0.571. The smallest absolute Gasteiger partial charge is 0.0953 e. The number of hydrogen-bond acceptors (Lipinski definition) is 2. The molecule has 1 fully saturated rings. The van der Waals surface area contributed by atoms with Crippen LogP contribution in [-0.4, -0.2) is 17.8 Å². The lowest BCUT2D eigenvalue weighted by molar-refractivity contribution is -0.125. The predicted octanol–water partition coefficient (Wildman–Crippen LogP) is 2.77. The molecule has 0 spiro atoms. The second-order valence-corrected chi connectivity index (χ2v) is 4.71. The molecule has 1 aromatic rings. The third kappa shape index (κ3) is 2.13. The fourth-order valence-corrected chi connectivity index (χ4v) is 2.44. The second kappa shape index (κ2) is 4.56. The summed E-state index contributed by atoms with van der Waals surface area (Å²) in [6.07, 6.45) is 2.16. The van der Waals surface area contributed by atoms with Gasteiger partial charge in [-0.25, -0.2) is 0 Å². The van der Waals surface area contributed by atoms with Crippen molar-refractivity contribution in [3.8, 4) is 0 Å². The third-order valence-corrected chi connectivity index (χ3v) is 3.54. The van der Waals surface area contributed by atoms with E-state index < -0.39 is 0 Å². The molecule has 1 saturated heterocycles. The summed E-state index contributed by atoms with van der Waals surface area (Å²) in [4.78, 5) is 0. The van der Waals surface area contributed by atoms with Crippen molar-refractivity contribution in [1.29, 1.82) is 0 Å². The zero-order chi connectivity index (χ0) is 11.6. The van der Waals surface area contributed by atoms with Gasteiger partial charge in [-0.3, -0.25) is 0 Å². The van der Waals surface area contributed by atoms with Crippen molar-refractivity contribution in [2.75, 3.05) is 6.61 Å². The van der Waals surface area contributed by atoms with Gasteiger partial charge in [-0.1, -0.05) is 36.8 Å². The van der Waals surface area contributed by atoms with E-state index in [1.54, 1.807) is 0 Å². The molecule has 0 radical (unpaired) electrons. The Hall–Kier alpha value is -0.860. The SMILES string of the molecule is CCC1(c2ccc(C)cc2)CC(O)CCO1. The molecule has 0 aliphatic carbocycles. The van der Waals surface area contributed by atoms with Crippen LogP contribution in [0, 0.1) is 6.92 Å². The van der Waals surface area contributed by atoms with Gasteiger partial charge in [-0.15, -0.1) is 0 Å². The van der Waals surface area contributed by atoms with Gasteiger partial charge in [0.25, 0.3) is 0 Å². The normalized spacial score (nSPS) is 30.3. The van der Waals surface area contributed by atoms with Crippen LogP contribution in [0.25, 0.3) is 0 Å². The van der Waals surface area contributed by atoms with Crippen molar-refractivity contribution in [2.45, 2.75) is 44.8 Å². The second-order valence-electron chi connectivity index (χ2n) is 4.71. The van der Waals surface area contributed by atoms with Gasteiger partial charge >= 0.3 is 0 Å². The number of benzene rings is 1. The molecule has 1 aliphatic rings. The largest absolute Gasteiger partial charge is 0.393 e. The molecule has 2 nitrogen and oxygen atoms in total. The topological polar surface area (TPSA) is 29.5 Å². The molecule has 0 bridgehead atoms. The third-order valence-electron chi connectivity index (χ3n) is 3.54. The van der Waals surface area contributed by atoms with Gasteiger partial charge < -0.3 is 9.84 Å². The Morgan fingerprint density at radius 1 is 1.38 bits per heavy atom. The minimum Gasteiger partial charge on any atom is -0.393 e. The number of aryl methyl sites for hydroxylation is 1. The number of aliphatic hydroxyl groups excluding tert-OH is 1. The molecule has 0 saturated carbocycles. The Labute approximate surface area is 97.3 Å². The number of ether oxygens (including phenoxy) is 1. The van der Waals surface area contributed by atoms with Crippen LogP contribution in [0.2, 0.25) is 0 Å². The molecule has 1 aliphatic heterocycles. The van der Waals surface area contributed by atoms with Crippen molar-refractivity contribution >= 4 is 0 Å². The molecular formula is C14H20O2. The average molecular weight is 220 g/mol. The molecule has 1 heterocycles. The maximum atomic E-state index is 9.81. The summed E-state index contributed by atoms with van der Waals surface area (Å²) in [5, 5.41) is 9.81. The van der Waals surface area contributed by atoms with Crippen LogP contribution in [0.5, 0.6) is 0 Å². The molecule has 1 N–H and O–H groups in total. The van der Waals surface area contributed by atoms with Crippen molar-refractivity contribution in [3.05, 3.63) is 35.4 Å². The van der Waals surface area contributed by atoms with E-state index in [2.05, 4.69) is 38.1 Å². The van der Waals surface area contributed by atoms with E-state index in [4.69, 9.17) is 4.74 Å². The minimum atomic E-state index is -0.272. The highest BCUT2D eigenvalue weighted by molar-refractivity contribution is 5.27. The molecular weight excluding hydrogens is 200 g/mol. The quantitative estimate of drug-likeness (QED) is 0.830. The molecule has 2 atom stereocenters. The zero-order valence-corrected chi connectivity index (χ0v) is 10.1. The average Bonchev–Trinajstić information content (AvgIpc) is 2.29. The first-order chi connectivity index (χ1) is 7.66. The molecule has 1 aromatic carbocycles. The molecule has 0 amide bonds. The number of rotatable bonds is 2. The molecule has 16 heavy (non-hydrogen) atoms. The lowest BCUT2D eigenvalue weighted by Crippen LogP contribution is -2.39. The van der Waals surface area contributed by atoms with Crippen molar-refractivity contribution < 1.29 is 9.84 Å². The van der Waals surface area contributed by atoms with Gasteiger partial charge in [-0.2, -0.15) is 0 Å². The fourth-order valence-electron chi connectivity index (χ4n) is 2.44. The van der Waals surface area contributed by atoms with Crippen molar-refractivity contribution in [2.24, 2.45) is 0 Å². The molecule has 88 valence electrons. The summed E-state index contributed by atoms with van der Waals surface area (Å²) in [6, 6.07) is 8.46. The van der Waals surface area contributed by atoms with E-state index in [1.807, 2.05) is 0 Å². The van der Waals surface area contributed by atoms with E-state index >= 15 is 0 Å². The highest BCUT2D eigenvalue weighted by Gasteiger charge is 2.36. The van der Waals surface area contributed by atoms with Crippen LogP contribution >= 0.6 is 0 Å². The summed E-state index contributed by atoms with van der Waals surface area (Å²) in [5.74, 6) is 0. The van der Waals surface area contributed by atoms with Crippen molar-refractivity contribution in [3.63, 3.8) is 0 Å². The monoisotopic (exact) mass is 220 g/mol.